The average molecular weight is 484 g/mol. The molecule has 2 heterocycles. The number of nitrogen functional groups attached to an aromatic ring is 1. The fourth-order valence-electron chi connectivity index (χ4n) is 3.94. The van der Waals surface area contributed by atoms with Crippen molar-refractivity contribution >= 4 is 34.9 Å². The van der Waals surface area contributed by atoms with Crippen LogP contribution in [0, 0.1) is 11.2 Å². The van der Waals surface area contributed by atoms with Crippen molar-refractivity contribution in [2.24, 2.45) is 5.73 Å². The van der Waals surface area contributed by atoms with Crippen molar-refractivity contribution in [3.8, 4) is 0 Å². The van der Waals surface area contributed by atoms with E-state index in [1.807, 2.05) is 0 Å². The topological polar surface area (TPSA) is 138 Å². The number of nitrogens with two attached hydrogens (primary N) is 1. The van der Waals surface area contributed by atoms with Crippen LogP contribution in [0.15, 0.2) is 42.5 Å². The number of rotatable bonds is 6. The van der Waals surface area contributed by atoms with E-state index in [9.17, 15) is 18.8 Å². The van der Waals surface area contributed by atoms with Crippen LogP contribution in [0.2, 0.25) is 0 Å². The number of hydrogen-bond donors (Lipinski definition) is 3. The van der Waals surface area contributed by atoms with Gasteiger partial charge < -0.3 is 30.3 Å². The first-order valence-electron chi connectivity index (χ1n) is 11.2. The van der Waals surface area contributed by atoms with Gasteiger partial charge >= 0.3 is 0 Å². The molecular formula is C24H26FN5O5. The van der Waals surface area contributed by atoms with E-state index < -0.39 is 29.6 Å². The Kier molecular flexibility index (Phi) is 7.37. The van der Waals surface area contributed by atoms with Crippen LogP contribution < -0.4 is 16.0 Å². The van der Waals surface area contributed by atoms with E-state index in [1.54, 1.807) is 24.3 Å². The van der Waals surface area contributed by atoms with Gasteiger partial charge in [-0.2, -0.15) is 0 Å². The largest absolute Gasteiger partial charge is 0.384 e. The molecule has 2 aliphatic heterocycles. The molecule has 4 rings (SSSR count). The van der Waals surface area contributed by atoms with Gasteiger partial charge in [0, 0.05) is 36.6 Å². The molecule has 35 heavy (non-hydrogen) atoms. The van der Waals surface area contributed by atoms with Crippen LogP contribution in [-0.4, -0.2) is 74.0 Å². The van der Waals surface area contributed by atoms with Gasteiger partial charge in [0.15, 0.2) is 0 Å². The summed E-state index contributed by atoms with van der Waals surface area (Å²) in [6.07, 6.45) is -1.24. The zero-order valence-corrected chi connectivity index (χ0v) is 19.0. The number of ether oxygens (including phenoxy) is 2. The molecule has 0 unspecified atom stereocenters. The molecule has 2 saturated heterocycles. The van der Waals surface area contributed by atoms with Gasteiger partial charge in [0.1, 0.15) is 17.8 Å². The standard InChI is InChI=1S/C24H26FN5O5/c25-19-6-5-17(13-18(19)23(32)29-7-10-34-11-8-29)30-9-12-35-20(24(30)33)14-21(31)28-16-3-1-15(2-4-16)22(26)27/h1-6,13,20H,7-12,14H2,(H3,26,27)(H,28,31)/t20-/m1/s1. The highest BCUT2D eigenvalue weighted by Crippen LogP contribution is 2.24. The molecule has 0 bridgehead atoms. The number of amidine groups is 1. The number of nitrogens with one attached hydrogen (secondary N) is 2. The minimum Gasteiger partial charge on any atom is -0.384 e. The Hall–Kier alpha value is -3.83. The molecule has 0 spiro atoms. The van der Waals surface area contributed by atoms with Gasteiger partial charge in [-0.25, -0.2) is 4.39 Å². The molecule has 4 N–H and O–H groups in total. The monoisotopic (exact) mass is 483 g/mol. The van der Waals surface area contributed by atoms with E-state index in [1.165, 1.54) is 21.9 Å². The molecule has 2 fully saturated rings. The summed E-state index contributed by atoms with van der Waals surface area (Å²) in [4.78, 5) is 41.3. The third kappa shape index (κ3) is 5.64. The number of halogens is 1. The minimum atomic E-state index is -1.02. The van der Waals surface area contributed by atoms with Crippen LogP contribution in [0.4, 0.5) is 15.8 Å². The van der Waals surface area contributed by atoms with Gasteiger partial charge in [-0.1, -0.05) is 0 Å². The normalized spacial score (nSPS) is 18.3. The predicted octanol–water partition coefficient (Wildman–Crippen LogP) is 1.34. The zero-order chi connectivity index (χ0) is 24.9. The summed E-state index contributed by atoms with van der Waals surface area (Å²) >= 11 is 0. The van der Waals surface area contributed by atoms with E-state index in [0.29, 0.717) is 43.2 Å². The van der Waals surface area contributed by atoms with Gasteiger partial charge in [0.05, 0.1) is 31.8 Å². The van der Waals surface area contributed by atoms with Gasteiger partial charge in [-0.05, 0) is 42.5 Å². The Morgan fingerprint density at radius 1 is 1.09 bits per heavy atom. The molecule has 0 aliphatic carbocycles. The smallest absolute Gasteiger partial charge is 0.257 e. The summed E-state index contributed by atoms with van der Waals surface area (Å²) in [5.74, 6) is -2.09. The van der Waals surface area contributed by atoms with Gasteiger partial charge in [-0.3, -0.25) is 19.8 Å². The summed E-state index contributed by atoms with van der Waals surface area (Å²) in [5, 5.41) is 10.1. The van der Waals surface area contributed by atoms with Crippen LogP contribution in [0.3, 0.4) is 0 Å². The van der Waals surface area contributed by atoms with E-state index >= 15 is 0 Å². The number of anilines is 2. The van der Waals surface area contributed by atoms with Gasteiger partial charge in [-0.15, -0.1) is 0 Å². The van der Waals surface area contributed by atoms with Gasteiger partial charge in [0.25, 0.3) is 11.8 Å². The SMILES string of the molecule is N=C(N)c1ccc(NC(=O)C[C@H]2OCCN(c3ccc(F)c(C(=O)N4CCOCC4)c3)C2=O)cc1. The molecule has 3 amide bonds. The molecule has 0 radical (unpaired) electrons. The molecule has 0 saturated carbocycles. The fraction of sp³-hybridized carbons (Fsp3) is 0.333. The second-order valence-electron chi connectivity index (χ2n) is 8.16. The summed E-state index contributed by atoms with van der Waals surface area (Å²) < 4.78 is 25.3. The van der Waals surface area contributed by atoms with Crippen molar-refractivity contribution in [1.82, 2.24) is 4.90 Å². The van der Waals surface area contributed by atoms with E-state index in [2.05, 4.69) is 5.32 Å². The number of carbonyl (C=O) groups is 3. The Bertz CT molecular complexity index is 1130. The minimum absolute atomic E-state index is 0.0836. The number of morpholine rings is 2. The van der Waals surface area contributed by atoms with Crippen LogP contribution in [0.25, 0.3) is 0 Å². The third-order valence-electron chi connectivity index (χ3n) is 5.82. The maximum atomic E-state index is 14.5. The summed E-state index contributed by atoms with van der Waals surface area (Å²) in [5.41, 5.74) is 6.69. The van der Waals surface area contributed by atoms with Crippen molar-refractivity contribution in [2.75, 3.05) is 49.7 Å². The summed E-state index contributed by atoms with van der Waals surface area (Å²) in [6.45, 7) is 1.90. The maximum absolute atomic E-state index is 14.5. The molecule has 11 heteroatoms. The Morgan fingerprint density at radius 2 is 1.80 bits per heavy atom. The Balaban J connectivity index is 1.43. The first-order valence-corrected chi connectivity index (χ1v) is 11.2. The maximum Gasteiger partial charge on any atom is 0.257 e. The van der Waals surface area contributed by atoms with Crippen LogP contribution in [0.1, 0.15) is 22.3 Å². The van der Waals surface area contributed by atoms with Crippen molar-refractivity contribution in [3.63, 3.8) is 0 Å². The predicted molar refractivity (Wildman–Crippen MR) is 126 cm³/mol. The number of carbonyl (C=O) groups excluding carboxylic acids is 3. The fourth-order valence-corrected chi connectivity index (χ4v) is 3.94. The second kappa shape index (κ2) is 10.6. The second-order valence-corrected chi connectivity index (χ2v) is 8.16. The highest BCUT2D eigenvalue weighted by molar-refractivity contribution is 6.03. The summed E-state index contributed by atoms with van der Waals surface area (Å²) in [6, 6.07) is 10.4. The van der Waals surface area contributed by atoms with Crippen molar-refractivity contribution in [2.45, 2.75) is 12.5 Å². The Morgan fingerprint density at radius 3 is 2.49 bits per heavy atom. The summed E-state index contributed by atoms with van der Waals surface area (Å²) in [7, 11) is 0. The van der Waals surface area contributed by atoms with Crippen LogP contribution in [0.5, 0.6) is 0 Å². The lowest BCUT2D eigenvalue weighted by molar-refractivity contribution is -0.137. The van der Waals surface area contributed by atoms with E-state index in [0.717, 1.165) is 6.07 Å². The molecule has 2 aromatic rings. The highest BCUT2D eigenvalue weighted by atomic mass is 19.1. The van der Waals surface area contributed by atoms with E-state index in [-0.39, 0.29) is 31.0 Å². The first kappa shape index (κ1) is 24.3. The number of amides is 3. The quantitative estimate of drug-likeness (QED) is 0.419. The van der Waals surface area contributed by atoms with Gasteiger partial charge in [0.2, 0.25) is 5.91 Å². The lowest BCUT2D eigenvalue weighted by Gasteiger charge is -2.33. The number of hydrogen-bond acceptors (Lipinski definition) is 6. The lowest BCUT2D eigenvalue weighted by atomic mass is 10.1. The number of benzene rings is 2. The molecular weight excluding hydrogens is 457 g/mol. The van der Waals surface area contributed by atoms with Crippen molar-refractivity contribution < 1.29 is 28.2 Å². The molecule has 2 aromatic carbocycles. The van der Waals surface area contributed by atoms with Crippen molar-refractivity contribution in [1.29, 1.82) is 5.41 Å². The molecule has 1 atom stereocenters. The first-order chi connectivity index (χ1) is 16.8. The average Bonchev–Trinajstić information content (AvgIpc) is 2.86. The van der Waals surface area contributed by atoms with Crippen LogP contribution in [-0.2, 0) is 19.1 Å². The zero-order valence-electron chi connectivity index (χ0n) is 19.0. The number of nitrogens with zero attached hydrogens (tertiary/aromatic N) is 2. The Labute approximate surface area is 201 Å². The van der Waals surface area contributed by atoms with Crippen LogP contribution >= 0.6 is 0 Å². The molecule has 10 nitrogen and oxygen atoms in total. The molecule has 184 valence electrons. The molecule has 2 aliphatic rings. The molecule has 0 aromatic heterocycles. The lowest BCUT2D eigenvalue weighted by Crippen LogP contribution is -2.49. The highest BCUT2D eigenvalue weighted by Gasteiger charge is 2.33. The van der Waals surface area contributed by atoms with E-state index in [4.69, 9.17) is 20.6 Å². The van der Waals surface area contributed by atoms with Crippen molar-refractivity contribution in [3.05, 3.63) is 59.4 Å². The third-order valence-corrected chi connectivity index (χ3v) is 5.82.